The fourth-order valence-corrected chi connectivity index (χ4v) is 5.13. The van der Waals surface area contributed by atoms with Crippen LogP contribution >= 0.6 is 0 Å². The van der Waals surface area contributed by atoms with E-state index in [1.54, 1.807) is 23.0 Å². The highest BCUT2D eigenvalue weighted by atomic mass is 16.5. The van der Waals surface area contributed by atoms with E-state index in [1.807, 2.05) is 61.5 Å². The lowest BCUT2D eigenvalue weighted by molar-refractivity contribution is 0.0807. The number of benzene rings is 2. The first-order valence-electron chi connectivity index (χ1n) is 13.2. The average Bonchev–Trinajstić information content (AvgIpc) is 3.32. The molecule has 0 saturated carbocycles. The van der Waals surface area contributed by atoms with Crippen LogP contribution in [0.4, 0.5) is 5.82 Å². The van der Waals surface area contributed by atoms with Crippen LogP contribution in [-0.2, 0) is 4.74 Å². The minimum atomic E-state index is -0.556. The monoisotopic (exact) mass is 532 g/mol. The third-order valence-corrected chi connectivity index (χ3v) is 7.16. The van der Waals surface area contributed by atoms with Crippen molar-refractivity contribution in [3.63, 3.8) is 0 Å². The van der Waals surface area contributed by atoms with E-state index in [4.69, 9.17) is 10.5 Å². The second kappa shape index (κ2) is 10.7. The van der Waals surface area contributed by atoms with Gasteiger partial charge in [0.1, 0.15) is 5.56 Å². The molecule has 2 aromatic carbocycles. The Morgan fingerprint density at radius 3 is 2.73 bits per heavy atom. The molecule has 0 bridgehead atoms. The highest BCUT2D eigenvalue weighted by Gasteiger charge is 2.24. The Bertz CT molecular complexity index is 1840. The number of pyridine rings is 1. The Balaban J connectivity index is 1.45. The van der Waals surface area contributed by atoms with Gasteiger partial charge in [-0.05, 0) is 55.5 Å². The predicted octanol–water partition coefficient (Wildman–Crippen LogP) is 3.88. The van der Waals surface area contributed by atoms with Gasteiger partial charge in [0, 0.05) is 48.5 Å². The number of hydrogen-bond acceptors (Lipinski definition) is 6. The molecule has 40 heavy (non-hydrogen) atoms. The van der Waals surface area contributed by atoms with Gasteiger partial charge in [-0.2, -0.15) is 0 Å². The molecule has 0 aliphatic carbocycles. The number of ether oxygens (including phenoxy) is 1. The maximum atomic E-state index is 14.2. The van der Waals surface area contributed by atoms with Gasteiger partial charge in [-0.15, -0.1) is 5.10 Å². The number of rotatable bonds is 4. The first-order chi connectivity index (χ1) is 19.5. The molecule has 1 aliphatic rings. The molecule has 3 N–H and O–H groups in total. The fourth-order valence-electron chi connectivity index (χ4n) is 5.13. The summed E-state index contributed by atoms with van der Waals surface area (Å²) in [5.41, 5.74) is 8.42. The van der Waals surface area contributed by atoms with Crippen LogP contribution in [0.5, 0.6) is 0 Å². The van der Waals surface area contributed by atoms with Crippen molar-refractivity contribution in [2.24, 2.45) is 5.92 Å². The number of carbonyl (C=O) groups excluding carboxylic acids is 1. The Hall–Kier alpha value is -4.94. The first-order valence-corrected chi connectivity index (χ1v) is 13.2. The Morgan fingerprint density at radius 1 is 1.12 bits per heavy atom. The van der Waals surface area contributed by atoms with E-state index < -0.39 is 11.9 Å². The van der Waals surface area contributed by atoms with Crippen molar-refractivity contribution in [2.75, 3.05) is 18.9 Å². The molecule has 1 atom stereocenters. The number of amides is 1. The van der Waals surface area contributed by atoms with Gasteiger partial charge in [-0.1, -0.05) is 42.2 Å². The molecule has 9 nitrogen and oxygen atoms in total. The summed E-state index contributed by atoms with van der Waals surface area (Å²) in [4.78, 5) is 31.9. The van der Waals surface area contributed by atoms with E-state index >= 15 is 0 Å². The van der Waals surface area contributed by atoms with Gasteiger partial charge in [0.15, 0.2) is 11.5 Å². The van der Waals surface area contributed by atoms with Crippen molar-refractivity contribution >= 4 is 28.1 Å². The van der Waals surface area contributed by atoms with Crippen LogP contribution in [0, 0.1) is 17.8 Å². The zero-order valence-corrected chi connectivity index (χ0v) is 22.0. The lowest BCUT2D eigenvalue weighted by Crippen LogP contribution is -2.32. The quantitative estimate of drug-likeness (QED) is 0.339. The van der Waals surface area contributed by atoms with Crippen molar-refractivity contribution < 1.29 is 9.53 Å². The van der Waals surface area contributed by atoms with Gasteiger partial charge in [-0.3, -0.25) is 14.2 Å². The zero-order chi connectivity index (χ0) is 27.6. The molecule has 1 fully saturated rings. The SMILES string of the molecule is C[C@@H](NC(=O)c1c(N)nn2cccnc12)c1cc2cccc(C#CC3CCOCC3)c2c(=O)n1-c1ccccc1. The third-order valence-electron chi connectivity index (χ3n) is 7.16. The second-order valence-corrected chi connectivity index (χ2v) is 9.81. The Morgan fingerprint density at radius 2 is 1.93 bits per heavy atom. The standard InChI is InChI=1S/C31H28N6O3/c1-20(34-30(38)27-28(32)35-36-16-6-15-33-29(27)36)25-19-23-8-5-7-22(12-11-21-13-17-40-18-14-21)26(23)31(39)37(25)24-9-3-2-4-10-24/h2-10,15-16,19-21H,13-14,17-18H2,1H3,(H2,32,35)(H,34,38)/t20-/m1/s1. The summed E-state index contributed by atoms with van der Waals surface area (Å²) in [6, 6.07) is 18.2. The van der Waals surface area contributed by atoms with E-state index in [0.717, 1.165) is 18.2 Å². The number of hydrogen-bond donors (Lipinski definition) is 2. The molecule has 200 valence electrons. The van der Waals surface area contributed by atoms with Crippen LogP contribution in [0.25, 0.3) is 22.1 Å². The topological polar surface area (TPSA) is 117 Å². The third kappa shape index (κ3) is 4.70. The summed E-state index contributed by atoms with van der Waals surface area (Å²) in [5, 5.41) is 8.50. The van der Waals surface area contributed by atoms with Gasteiger partial charge >= 0.3 is 0 Å². The van der Waals surface area contributed by atoms with Crippen LogP contribution in [0.3, 0.4) is 0 Å². The minimum absolute atomic E-state index is 0.0788. The van der Waals surface area contributed by atoms with Crippen molar-refractivity contribution in [3.05, 3.63) is 100 Å². The molecular weight excluding hydrogens is 504 g/mol. The number of anilines is 1. The number of nitrogens with one attached hydrogen (secondary N) is 1. The molecule has 9 heteroatoms. The Kier molecular flexibility index (Phi) is 6.76. The highest BCUT2D eigenvalue weighted by molar-refractivity contribution is 6.04. The summed E-state index contributed by atoms with van der Waals surface area (Å²) < 4.78 is 8.56. The lowest BCUT2D eigenvalue weighted by atomic mass is 9.99. The molecular formula is C31H28N6O3. The molecule has 3 aromatic heterocycles. The van der Waals surface area contributed by atoms with E-state index in [2.05, 4.69) is 27.2 Å². The number of nitrogens with two attached hydrogens (primary N) is 1. The van der Waals surface area contributed by atoms with Crippen molar-refractivity contribution in [1.29, 1.82) is 0 Å². The maximum Gasteiger partial charge on any atom is 0.264 e. The van der Waals surface area contributed by atoms with Gasteiger partial charge in [0.05, 0.1) is 11.4 Å². The molecule has 0 unspecified atom stereocenters. The summed E-state index contributed by atoms with van der Waals surface area (Å²) in [7, 11) is 0. The average molecular weight is 533 g/mol. The smallest absolute Gasteiger partial charge is 0.264 e. The van der Waals surface area contributed by atoms with Gasteiger partial charge in [0.2, 0.25) is 0 Å². The fraction of sp³-hybridized carbons (Fsp3) is 0.226. The van der Waals surface area contributed by atoms with Crippen LogP contribution in [0.15, 0.2) is 77.9 Å². The van der Waals surface area contributed by atoms with E-state index in [-0.39, 0.29) is 22.9 Å². The van der Waals surface area contributed by atoms with Crippen LogP contribution in [0.2, 0.25) is 0 Å². The van der Waals surface area contributed by atoms with E-state index in [9.17, 15) is 9.59 Å². The molecule has 1 saturated heterocycles. The van der Waals surface area contributed by atoms with Gasteiger partial charge < -0.3 is 15.8 Å². The van der Waals surface area contributed by atoms with Crippen molar-refractivity contribution in [3.8, 4) is 17.5 Å². The van der Waals surface area contributed by atoms with Crippen LogP contribution < -0.4 is 16.6 Å². The molecule has 0 radical (unpaired) electrons. The molecule has 4 heterocycles. The van der Waals surface area contributed by atoms with Crippen LogP contribution in [0.1, 0.15) is 47.4 Å². The predicted molar refractivity (Wildman–Crippen MR) is 153 cm³/mol. The molecule has 5 aromatic rings. The normalized spacial score (nSPS) is 14.5. The van der Waals surface area contributed by atoms with Crippen molar-refractivity contribution in [1.82, 2.24) is 24.5 Å². The summed E-state index contributed by atoms with van der Waals surface area (Å²) >= 11 is 0. The largest absolute Gasteiger partial charge is 0.381 e. The lowest BCUT2D eigenvalue weighted by Gasteiger charge is -2.21. The number of carbonyl (C=O) groups is 1. The number of aromatic nitrogens is 4. The molecule has 1 amide bonds. The number of para-hydroxylation sites is 1. The highest BCUT2D eigenvalue weighted by Crippen LogP contribution is 2.25. The molecule has 0 spiro atoms. The minimum Gasteiger partial charge on any atom is -0.381 e. The Labute approximate surface area is 230 Å². The van der Waals surface area contributed by atoms with Gasteiger partial charge in [0.25, 0.3) is 11.5 Å². The van der Waals surface area contributed by atoms with E-state index in [1.165, 1.54) is 4.52 Å². The second-order valence-electron chi connectivity index (χ2n) is 9.81. The van der Waals surface area contributed by atoms with Crippen LogP contribution in [-0.4, -0.2) is 38.3 Å². The number of nitrogen functional groups attached to an aromatic ring is 1. The van der Waals surface area contributed by atoms with Gasteiger partial charge in [-0.25, -0.2) is 9.50 Å². The zero-order valence-electron chi connectivity index (χ0n) is 22.0. The molecule has 1 aliphatic heterocycles. The van der Waals surface area contributed by atoms with E-state index in [0.29, 0.717) is 41.2 Å². The summed E-state index contributed by atoms with van der Waals surface area (Å²) in [6.45, 7) is 3.25. The number of fused-ring (bicyclic) bond motifs is 2. The number of nitrogens with zero attached hydrogens (tertiary/aromatic N) is 4. The molecule has 6 rings (SSSR count). The maximum absolute atomic E-state index is 14.2. The van der Waals surface area contributed by atoms with Crippen molar-refractivity contribution in [2.45, 2.75) is 25.8 Å². The summed E-state index contributed by atoms with van der Waals surface area (Å²) in [5.74, 6) is 6.53. The first kappa shape index (κ1) is 25.3. The summed E-state index contributed by atoms with van der Waals surface area (Å²) in [6.07, 6.45) is 5.04.